The maximum atomic E-state index is 14.5. The lowest BCUT2D eigenvalue weighted by molar-refractivity contribution is -0.172. The zero-order valence-electron chi connectivity index (χ0n) is 20.4. The second-order valence-corrected chi connectivity index (χ2v) is 9.41. The number of ether oxygens (including phenoxy) is 1. The molecule has 0 aliphatic carbocycles. The van der Waals surface area contributed by atoms with Crippen molar-refractivity contribution in [2.75, 3.05) is 20.1 Å². The Morgan fingerprint density at radius 3 is 2.75 bits per heavy atom. The summed E-state index contributed by atoms with van der Waals surface area (Å²) in [5.41, 5.74) is 7.12. The zero-order chi connectivity index (χ0) is 25.9. The number of likely N-dealkylation sites (N-methyl/N-ethyl adjacent to an activating group) is 1. The molecule has 0 unspecified atom stereocenters. The Morgan fingerprint density at radius 2 is 2.06 bits per heavy atom. The van der Waals surface area contributed by atoms with Crippen molar-refractivity contribution in [1.82, 2.24) is 14.5 Å². The molecule has 2 aliphatic rings. The van der Waals surface area contributed by atoms with E-state index in [1.54, 1.807) is 37.6 Å². The van der Waals surface area contributed by atoms with Gasteiger partial charge in [0.15, 0.2) is 5.60 Å². The van der Waals surface area contributed by atoms with Gasteiger partial charge in [0.1, 0.15) is 12.4 Å². The molecule has 0 fully saturated rings. The molecule has 2 aliphatic heterocycles. The van der Waals surface area contributed by atoms with Crippen LogP contribution in [-0.4, -0.2) is 51.6 Å². The molecular weight excluding hydrogens is 467 g/mol. The minimum atomic E-state index is -1.93. The Labute approximate surface area is 206 Å². The molecule has 188 valence electrons. The lowest BCUT2D eigenvalue weighted by Crippen LogP contribution is -2.44. The fourth-order valence-corrected chi connectivity index (χ4v) is 5.14. The number of nitrogens with two attached hydrogens (primary N) is 1. The summed E-state index contributed by atoms with van der Waals surface area (Å²) in [7, 11) is 1.67. The largest absolute Gasteiger partial charge is 0.458 e. The molecule has 3 N–H and O–H groups in total. The van der Waals surface area contributed by atoms with Crippen LogP contribution in [0.15, 0.2) is 23.0 Å². The van der Waals surface area contributed by atoms with Gasteiger partial charge in [-0.25, -0.2) is 14.2 Å². The first-order valence-corrected chi connectivity index (χ1v) is 11.8. The summed E-state index contributed by atoms with van der Waals surface area (Å²) in [5.74, 6) is -1.40. The molecule has 0 saturated heterocycles. The molecule has 3 aromatic rings. The van der Waals surface area contributed by atoms with Crippen molar-refractivity contribution in [1.29, 1.82) is 0 Å². The Hall–Kier alpha value is -3.63. The van der Waals surface area contributed by atoms with Crippen LogP contribution in [-0.2, 0) is 39.5 Å². The van der Waals surface area contributed by atoms with Crippen molar-refractivity contribution in [3.05, 3.63) is 62.2 Å². The van der Waals surface area contributed by atoms with Gasteiger partial charge >= 0.3 is 5.97 Å². The van der Waals surface area contributed by atoms with Gasteiger partial charge in [0, 0.05) is 36.2 Å². The number of rotatable bonds is 5. The highest BCUT2D eigenvalue weighted by molar-refractivity contribution is 5.89. The molecule has 2 aromatic heterocycles. The fraction of sp³-hybridized carbons (Fsp3) is 0.385. The topological polar surface area (TPSA) is 128 Å². The number of hydrogen-bond donors (Lipinski definition) is 2. The van der Waals surface area contributed by atoms with Gasteiger partial charge in [0.2, 0.25) is 5.91 Å². The van der Waals surface area contributed by atoms with Gasteiger partial charge in [-0.1, -0.05) is 6.92 Å². The molecule has 1 aromatic carbocycles. The van der Waals surface area contributed by atoms with Gasteiger partial charge in [-0.05, 0) is 43.0 Å². The van der Waals surface area contributed by atoms with Crippen LogP contribution in [0.5, 0.6) is 0 Å². The van der Waals surface area contributed by atoms with Crippen LogP contribution in [0.2, 0.25) is 0 Å². The molecule has 1 amide bonds. The minimum Gasteiger partial charge on any atom is -0.458 e. The van der Waals surface area contributed by atoms with E-state index < -0.39 is 17.4 Å². The third-order valence-electron chi connectivity index (χ3n) is 7.38. The average Bonchev–Trinajstić information content (AvgIpc) is 3.23. The molecule has 9 nitrogen and oxygen atoms in total. The van der Waals surface area contributed by atoms with Gasteiger partial charge in [0.05, 0.1) is 35.6 Å². The molecule has 0 spiro atoms. The number of fused-ring (bicyclic) bond motifs is 5. The number of aryl methyl sites for hydroxylation is 1. The number of amides is 1. The monoisotopic (exact) mass is 494 g/mol. The predicted octanol–water partition coefficient (Wildman–Crippen LogP) is 1.49. The molecule has 10 heteroatoms. The van der Waals surface area contributed by atoms with Crippen LogP contribution in [0, 0.1) is 12.7 Å². The van der Waals surface area contributed by atoms with Gasteiger partial charge in [-0.15, -0.1) is 0 Å². The molecule has 0 bridgehead atoms. The number of benzene rings is 1. The summed E-state index contributed by atoms with van der Waals surface area (Å²) in [6.07, 6.45) is 0.481. The number of carbonyl (C=O) groups excluding carboxylic acids is 2. The third-order valence-corrected chi connectivity index (χ3v) is 7.38. The van der Waals surface area contributed by atoms with Crippen LogP contribution < -0.4 is 11.3 Å². The highest BCUT2D eigenvalue weighted by Crippen LogP contribution is 2.40. The summed E-state index contributed by atoms with van der Waals surface area (Å²) in [5, 5.41) is 11.8. The highest BCUT2D eigenvalue weighted by atomic mass is 19.1. The Balaban J connectivity index is 1.73. The molecule has 0 radical (unpaired) electrons. The molecule has 1 atom stereocenters. The van der Waals surface area contributed by atoms with Gasteiger partial charge in [0.25, 0.3) is 5.56 Å². The van der Waals surface area contributed by atoms with Gasteiger partial charge in [-0.2, -0.15) is 0 Å². The van der Waals surface area contributed by atoms with E-state index in [1.807, 2.05) is 0 Å². The van der Waals surface area contributed by atoms with E-state index >= 15 is 0 Å². The Morgan fingerprint density at radius 1 is 1.31 bits per heavy atom. The molecule has 36 heavy (non-hydrogen) atoms. The van der Waals surface area contributed by atoms with Gasteiger partial charge in [-0.3, -0.25) is 9.59 Å². The van der Waals surface area contributed by atoms with Crippen molar-refractivity contribution in [2.45, 2.75) is 45.4 Å². The summed E-state index contributed by atoms with van der Waals surface area (Å²) in [6, 6.07) is 4.73. The number of carbonyl (C=O) groups is 2. The van der Waals surface area contributed by atoms with Crippen LogP contribution >= 0.6 is 0 Å². The number of esters is 1. The number of hydrogen-bond acceptors (Lipinski definition) is 7. The normalized spacial score (nSPS) is 18.0. The standard InChI is InChI=1S/C26H27FN4O5/c1-4-26(35)18-8-21-23-16(11-31(21)24(33)17(18)12-36-25(26)34)14(5-6-30(3)22(32)10-28)15-7-13(2)19(27)9-20(15)29-23/h7-9,35H,4-6,10-12,28H2,1-3H3/t26-/m0/s1. The van der Waals surface area contributed by atoms with E-state index in [1.165, 1.54) is 11.0 Å². The van der Waals surface area contributed by atoms with Crippen molar-refractivity contribution in [2.24, 2.45) is 5.73 Å². The lowest BCUT2D eigenvalue weighted by atomic mass is 9.86. The predicted molar refractivity (Wildman–Crippen MR) is 130 cm³/mol. The first kappa shape index (κ1) is 24.1. The van der Waals surface area contributed by atoms with E-state index in [9.17, 15) is 23.9 Å². The van der Waals surface area contributed by atoms with Crippen molar-refractivity contribution < 1.29 is 23.8 Å². The lowest BCUT2D eigenvalue weighted by Gasteiger charge is -2.31. The number of nitrogens with zero attached hydrogens (tertiary/aromatic N) is 3. The van der Waals surface area contributed by atoms with E-state index in [4.69, 9.17) is 15.5 Å². The number of aliphatic hydroxyl groups is 1. The number of halogens is 1. The minimum absolute atomic E-state index is 0.0387. The fourth-order valence-electron chi connectivity index (χ4n) is 5.14. The molecule has 4 heterocycles. The molecule has 0 saturated carbocycles. The van der Waals surface area contributed by atoms with Crippen molar-refractivity contribution in [3.63, 3.8) is 0 Å². The van der Waals surface area contributed by atoms with Crippen LogP contribution in [0.4, 0.5) is 4.39 Å². The summed E-state index contributed by atoms with van der Waals surface area (Å²) < 4.78 is 21.2. The van der Waals surface area contributed by atoms with E-state index in [0.717, 1.165) is 16.5 Å². The Bertz CT molecular complexity index is 1510. The van der Waals surface area contributed by atoms with E-state index in [2.05, 4.69) is 0 Å². The highest BCUT2D eigenvalue weighted by Gasteiger charge is 2.45. The third kappa shape index (κ3) is 3.43. The van der Waals surface area contributed by atoms with Crippen LogP contribution in [0.25, 0.3) is 22.3 Å². The van der Waals surface area contributed by atoms with E-state index in [0.29, 0.717) is 35.4 Å². The molecular formula is C26H27FN4O5. The van der Waals surface area contributed by atoms with E-state index in [-0.39, 0.29) is 48.7 Å². The smallest absolute Gasteiger partial charge is 0.343 e. The Kier molecular flexibility index (Phi) is 5.68. The number of aromatic nitrogens is 2. The second-order valence-electron chi connectivity index (χ2n) is 9.41. The summed E-state index contributed by atoms with van der Waals surface area (Å²) in [6.45, 7) is 3.58. The first-order chi connectivity index (χ1) is 17.1. The maximum Gasteiger partial charge on any atom is 0.343 e. The van der Waals surface area contributed by atoms with Crippen LogP contribution in [0.3, 0.4) is 0 Å². The average molecular weight is 495 g/mol. The number of cyclic esters (lactones) is 1. The maximum absolute atomic E-state index is 14.5. The summed E-state index contributed by atoms with van der Waals surface area (Å²) in [4.78, 5) is 44.2. The SMILES string of the molecule is CC[C@@]1(O)C(=O)OCc2c1cc1n(c2=O)Cc2c-1nc1cc(F)c(C)cc1c2CCN(C)C(=O)CN. The zero-order valence-corrected chi connectivity index (χ0v) is 20.4. The quantitative estimate of drug-likeness (QED) is 0.402. The molecule has 5 rings (SSSR count). The number of pyridine rings is 2. The second kappa shape index (κ2) is 8.49. The van der Waals surface area contributed by atoms with Crippen molar-refractivity contribution in [3.8, 4) is 11.4 Å². The van der Waals surface area contributed by atoms with Gasteiger partial charge < -0.3 is 25.0 Å². The van der Waals surface area contributed by atoms with Crippen molar-refractivity contribution >= 4 is 22.8 Å². The summed E-state index contributed by atoms with van der Waals surface area (Å²) >= 11 is 0. The van der Waals surface area contributed by atoms with Crippen LogP contribution in [0.1, 0.15) is 41.2 Å². The first-order valence-electron chi connectivity index (χ1n) is 11.8.